The molecule has 2 aromatic rings. The third-order valence-corrected chi connectivity index (χ3v) is 5.52. The maximum atomic E-state index is 11.9. The third kappa shape index (κ3) is 1.70. The number of para-hydroxylation sites is 1. The molecule has 2 aliphatic heterocycles. The quantitative estimate of drug-likeness (QED) is 0.729. The average Bonchev–Trinajstić information content (AvgIpc) is 2.73. The number of hydrogen-bond donors (Lipinski definition) is 0. The van der Waals surface area contributed by atoms with Crippen LogP contribution in [0.4, 0.5) is 5.69 Å². The molecule has 122 valence electrons. The number of carbonyl (C=O) groups excluding carboxylic acids is 1. The first-order valence-corrected chi connectivity index (χ1v) is 8.24. The maximum Gasteiger partial charge on any atom is 0.211 e. The minimum Gasteiger partial charge on any atom is -0.463 e. The van der Waals surface area contributed by atoms with Gasteiger partial charge in [0.1, 0.15) is 5.75 Å². The van der Waals surface area contributed by atoms with Crippen LogP contribution in [-0.2, 0) is 5.41 Å². The molecule has 0 radical (unpaired) electrons. The molecule has 0 fully saturated rings. The van der Waals surface area contributed by atoms with Crippen LogP contribution in [0.25, 0.3) is 6.08 Å². The van der Waals surface area contributed by atoms with Crippen LogP contribution >= 0.6 is 0 Å². The lowest BCUT2D eigenvalue weighted by Crippen LogP contribution is -2.58. The van der Waals surface area contributed by atoms with Crippen LogP contribution < -0.4 is 9.64 Å². The molecule has 0 aliphatic carbocycles. The van der Waals surface area contributed by atoms with E-state index >= 15 is 0 Å². The van der Waals surface area contributed by atoms with Gasteiger partial charge >= 0.3 is 0 Å². The topological polar surface area (TPSA) is 29.5 Å². The van der Waals surface area contributed by atoms with Crippen molar-refractivity contribution >= 4 is 17.5 Å². The number of fused-ring (bicyclic) bond motifs is 2. The fraction of sp³-hybridized carbons (Fsp3) is 0.286. The van der Waals surface area contributed by atoms with Gasteiger partial charge in [-0.05, 0) is 50.6 Å². The second-order valence-corrected chi connectivity index (χ2v) is 7.11. The molecule has 0 aromatic heterocycles. The van der Waals surface area contributed by atoms with Crippen molar-refractivity contribution in [3.05, 3.63) is 65.2 Å². The lowest BCUT2D eigenvalue weighted by atomic mass is 9.76. The molecule has 4 rings (SSSR count). The summed E-state index contributed by atoms with van der Waals surface area (Å²) < 4.78 is 6.57. The summed E-state index contributed by atoms with van der Waals surface area (Å²) in [5.74, 6) is 0.816. The Morgan fingerprint density at radius 3 is 2.54 bits per heavy atom. The average molecular weight is 319 g/mol. The summed E-state index contributed by atoms with van der Waals surface area (Å²) in [6, 6.07) is 14.1. The molecule has 0 amide bonds. The molecule has 24 heavy (non-hydrogen) atoms. The number of anilines is 1. The zero-order valence-corrected chi connectivity index (χ0v) is 14.5. The van der Waals surface area contributed by atoms with E-state index < -0.39 is 5.72 Å². The Bertz CT molecular complexity index is 881. The van der Waals surface area contributed by atoms with Crippen molar-refractivity contribution in [1.29, 1.82) is 0 Å². The number of hydrogen-bond acceptors (Lipinski definition) is 3. The number of rotatable bonds is 1. The van der Waals surface area contributed by atoms with E-state index in [1.54, 1.807) is 6.92 Å². The van der Waals surface area contributed by atoms with Crippen LogP contribution in [0.3, 0.4) is 0 Å². The van der Waals surface area contributed by atoms with Gasteiger partial charge in [0.05, 0.1) is 5.41 Å². The molecular formula is C21H21NO2. The van der Waals surface area contributed by atoms with E-state index in [2.05, 4.69) is 56.1 Å². The van der Waals surface area contributed by atoms with Crippen LogP contribution in [0.5, 0.6) is 5.75 Å². The van der Waals surface area contributed by atoms with E-state index in [1.165, 1.54) is 11.3 Å². The molecule has 0 bridgehead atoms. The van der Waals surface area contributed by atoms with Crippen molar-refractivity contribution in [3.8, 4) is 5.75 Å². The number of nitrogens with zero attached hydrogens (tertiary/aromatic N) is 1. The Morgan fingerprint density at radius 2 is 1.83 bits per heavy atom. The zero-order valence-electron chi connectivity index (χ0n) is 14.5. The predicted molar refractivity (Wildman–Crippen MR) is 96.7 cm³/mol. The number of ether oxygens (including phenoxy) is 1. The number of Topliss-reactive ketones (excluding diaryl/α,β-unsaturated/α-hetero) is 1. The summed E-state index contributed by atoms with van der Waals surface area (Å²) in [6.45, 7) is 6.01. The van der Waals surface area contributed by atoms with Crippen molar-refractivity contribution < 1.29 is 9.53 Å². The van der Waals surface area contributed by atoms with Gasteiger partial charge < -0.3 is 9.64 Å². The van der Waals surface area contributed by atoms with Gasteiger partial charge in [-0.3, -0.25) is 4.79 Å². The smallest absolute Gasteiger partial charge is 0.211 e. The molecule has 3 heteroatoms. The minimum absolute atomic E-state index is 0.0540. The fourth-order valence-corrected chi connectivity index (χ4v) is 4.11. The Morgan fingerprint density at radius 1 is 1.08 bits per heavy atom. The number of benzene rings is 2. The molecule has 0 saturated carbocycles. The Hall–Kier alpha value is -2.55. The summed E-state index contributed by atoms with van der Waals surface area (Å²) in [6.07, 6.45) is 4.14. The molecule has 3 nitrogen and oxygen atoms in total. The van der Waals surface area contributed by atoms with Gasteiger partial charge in [-0.1, -0.05) is 30.3 Å². The second-order valence-electron chi connectivity index (χ2n) is 7.11. The summed E-state index contributed by atoms with van der Waals surface area (Å²) in [4.78, 5) is 14.1. The van der Waals surface area contributed by atoms with Crippen molar-refractivity contribution in [2.24, 2.45) is 0 Å². The number of carbonyl (C=O) groups is 1. The van der Waals surface area contributed by atoms with E-state index in [4.69, 9.17) is 4.74 Å². The first-order chi connectivity index (χ1) is 11.4. The summed E-state index contributed by atoms with van der Waals surface area (Å²) in [5, 5.41) is 0. The molecule has 2 heterocycles. The van der Waals surface area contributed by atoms with Crippen LogP contribution in [0.15, 0.2) is 48.5 Å². The van der Waals surface area contributed by atoms with Crippen molar-refractivity contribution in [2.45, 2.75) is 31.9 Å². The Kier molecular flexibility index (Phi) is 2.96. The highest BCUT2D eigenvalue weighted by Gasteiger charge is 2.57. The maximum absolute atomic E-state index is 11.9. The normalized spacial score (nSPS) is 22.9. The molecule has 2 aromatic carbocycles. The highest BCUT2D eigenvalue weighted by molar-refractivity contribution is 5.99. The molecule has 1 spiro atoms. The Balaban J connectivity index is 1.90. The lowest BCUT2D eigenvalue weighted by Gasteiger charge is -2.46. The standard InChI is InChI=1S/C21H21NO2/c1-14(23)15-8-7-11-19-16(15)12-13-21(24-19)20(2,3)17-9-5-6-10-18(17)22(21)4/h5-13H,1-4H3. The molecule has 1 atom stereocenters. The highest BCUT2D eigenvalue weighted by Crippen LogP contribution is 2.54. The minimum atomic E-state index is -0.598. The van der Waals surface area contributed by atoms with E-state index in [-0.39, 0.29) is 11.2 Å². The molecule has 1 unspecified atom stereocenters. The first kappa shape index (κ1) is 15.0. The second kappa shape index (κ2) is 4.73. The first-order valence-electron chi connectivity index (χ1n) is 8.24. The summed E-state index contributed by atoms with van der Waals surface area (Å²) in [7, 11) is 2.07. The van der Waals surface area contributed by atoms with Gasteiger partial charge in [-0.2, -0.15) is 0 Å². The zero-order chi connectivity index (χ0) is 17.1. The predicted octanol–water partition coefficient (Wildman–Crippen LogP) is 4.42. The van der Waals surface area contributed by atoms with Gasteiger partial charge in [-0.15, -0.1) is 0 Å². The molecule has 2 aliphatic rings. The van der Waals surface area contributed by atoms with E-state index in [1.807, 2.05) is 24.3 Å². The third-order valence-electron chi connectivity index (χ3n) is 5.52. The van der Waals surface area contributed by atoms with Crippen molar-refractivity contribution in [3.63, 3.8) is 0 Å². The Labute approximate surface area is 142 Å². The van der Waals surface area contributed by atoms with Gasteiger partial charge in [0.25, 0.3) is 0 Å². The largest absolute Gasteiger partial charge is 0.463 e. The SMILES string of the molecule is CC(=O)c1cccc2c1C=CC1(O2)N(C)c2ccccc2C1(C)C. The van der Waals surface area contributed by atoms with E-state index in [0.717, 1.165) is 11.3 Å². The van der Waals surface area contributed by atoms with Crippen molar-refractivity contribution in [1.82, 2.24) is 0 Å². The summed E-state index contributed by atoms with van der Waals surface area (Å²) >= 11 is 0. The van der Waals surface area contributed by atoms with Crippen LogP contribution in [0.1, 0.15) is 42.3 Å². The van der Waals surface area contributed by atoms with E-state index in [9.17, 15) is 4.79 Å². The molecule has 0 saturated heterocycles. The van der Waals surface area contributed by atoms with Gasteiger partial charge in [0.15, 0.2) is 5.78 Å². The van der Waals surface area contributed by atoms with Gasteiger partial charge in [0, 0.05) is 23.9 Å². The van der Waals surface area contributed by atoms with Gasteiger partial charge in [-0.25, -0.2) is 0 Å². The van der Waals surface area contributed by atoms with Crippen molar-refractivity contribution in [2.75, 3.05) is 11.9 Å². The molecular weight excluding hydrogens is 298 g/mol. The summed E-state index contributed by atoms with van der Waals surface area (Å²) in [5.41, 5.74) is 3.20. The van der Waals surface area contributed by atoms with Gasteiger partial charge in [0.2, 0.25) is 5.72 Å². The van der Waals surface area contributed by atoms with Crippen LogP contribution in [0, 0.1) is 0 Å². The van der Waals surface area contributed by atoms with Crippen LogP contribution in [0.2, 0.25) is 0 Å². The lowest BCUT2D eigenvalue weighted by molar-refractivity contribution is 0.0580. The molecule has 0 N–H and O–H groups in total. The highest BCUT2D eigenvalue weighted by atomic mass is 16.5. The fourth-order valence-electron chi connectivity index (χ4n) is 4.11. The number of likely N-dealkylation sites (N-methyl/N-ethyl adjacent to an activating group) is 1. The number of ketones is 1. The van der Waals surface area contributed by atoms with Crippen LogP contribution in [-0.4, -0.2) is 18.6 Å². The monoisotopic (exact) mass is 319 g/mol. The van der Waals surface area contributed by atoms with E-state index in [0.29, 0.717) is 5.56 Å².